The second-order valence-electron chi connectivity index (χ2n) is 8.56. The van der Waals surface area contributed by atoms with Crippen LogP contribution in [0.4, 0.5) is 0 Å². The van der Waals surface area contributed by atoms with Crippen molar-refractivity contribution in [1.82, 2.24) is 4.57 Å². The summed E-state index contributed by atoms with van der Waals surface area (Å²) in [5, 5.41) is 2.61. The summed E-state index contributed by atoms with van der Waals surface area (Å²) in [6.45, 7) is 3.16. The fraction of sp³-hybridized carbons (Fsp3) is 0.133. The molecule has 3 heterocycles. The van der Waals surface area contributed by atoms with Gasteiger partial charge in [-0.2, -0.15) is 0 Å². The first kappa shape index (κ1) is 27.1. The summed E-state index contributed by atoms with van der Waals surface area (Å²) in [4.78, 5) is 0. The molecule has 5 heteroatoms. The van der Waals surface area contributed by atoms with Crippen LogP contribution in [-0.2, 0) is 20.6 Å². The Kier molecular flexibility index (Phi) is 9.24. The highest BCUT2D eigenvalue weighted by molar-refractivity contribution is 6.09. The lowest BCUT2D eigenvalue weighted by Crippen LogP contribution is -3.00. The molecule has 3 aromatic heterocycles. The quantitative estimate of drug-likeness (QED) is 0.180. The summed E-state index contributed by atoms with van der Waals surface area (Å²) in [5.41, 5.74) is 7.40. The zero-order valence-corrected chi connectivity index (χ0v) is 24.5. The normalized spacial score (nSPS) is 11.3. The largest absolute Gasteiger partial charge is 1.00 e. The smallest absolute Gasteiger partial charge is 0.169 e. The van der Waals surface area contributed by atoms with Crippen LogP contribution in [0.25, 0.3) is 46.1 Å². The van der Waals surface area contributed by atoms with Gasteiger partial charge in [0.15, 0.2) is 24.8 Å². The first-order chi connectivity index (χ1) is 16.1. The van der Waals surface area contributed by atoms with E-state index in [2.05, 4.69) is 121 Å². The van der Waals surface area contributed by atoms with Gasteiger partial charge in [-0.15, -0.1) is 0 Å². The zero-order chi connectivity index (χ0) is 22.8. The van der Waals surface area contributed by atoms with E-state index in [1.165, 1.54) is 44.1 Å². The highest BCUT2D eigenvalue weighted by Crippen LogP contribution is 2.31. The molecule has 0 aliphatic heterocycles. The molecule has 35 heavy (non-hydrogen) atoms. The summed E-state index contributed by atoms with van der Waals surface area (Å²) < 4.78 is 6.52. The molecule has 5 aromatic rings. The third-order valence-corrected chi connectivity index (χ3v) is 6.18. The molecule has 0 N–H and O–H groups in total. The standard InChI is InChI=1S/C30H29N3.2HI/c1-4-33-29-21-25(7-5-23-13-17-31(2)18-14-23)9-11-27(29)28-12-10-26(22-30(28)33)8-6-24-15-19-32(3)20-16-24;;/h5-22H,4H2,1-3H3;2*1H/q+2;;/p-2. The molecule has 0 aliphatic rings. The van der Waals surface area contributed by atoms with Crippen molar-refractivity contribution in [3.8, 4) is 0 Å². The highest BCUT2D eigenvalue weighted by atomic mass is 127. The molecule has 0 aliphatic carbocycles. The molecule has 0 amide bonds. The molecular formula is C30H29I2N3. The molecule has 0 saturated carbocycles. The van der Waals surface area contributed by atoms with Crippen LogP contribution in [0.1, 0.15) is 29.2 Å². The highest BCUT2D eigenvalue weighted by Gasteiger charge is 2.10. The topological polar surface area (TPSA) is 12.7 Å². The SMILES string of the molecule is CCn1c2cc(/C=C/c3cc[n+](C)cc3)ccc2c2ccc(/C=C/c3cc[n+](C)cc3)cc21.[I-].[I-]. The van der Waals surface area contributed by atoms with Gasteiger partial charge in [-0.25, -0.2) is 9.13 Å². The lowest BCUT2D eigenvalue weighted by Gasteiger charge is -2.04. The third kappa shape index (κ3) is 6.01. The average molecular weight is 685 g/mol. The number of aryl methyl sites for hydroxylation is 3. The first-order valence-corrected chi connectivity index (χ1v) is 11.4. The summed E-state index contributed by atoms with van der Waals surface area (Å²) >= 11 is 0. The van der Waals surface area contributed by atoms with Crippen LogP contribution in [0.3, 0.4) is 0 Å². The zero-order valence-electron chi connectivity index (χ0n) is 20.2. The molecule has 0 radical (unpaired) electrons. The average Bonchev–Trinajstić information content (AvgIpc) is 3.15. The van der Waals surface area contributed by atoms with Crippen LogP contribution in [0.15, 0.2) is 85.5 Å². The Morgan fingerprint density at radius 2 is 0.943 bits per heavy atom. The molecule has 0 fully saturated rings. The summed E-state index contributed by atoms with van der Waals surface area (Å²) in [5.74, 6) is 0. The van der Waals surface area contributed by atoms with Gasteiger partial charge in [-0.3, -0.25) is 0 Å². The maximum atomic E-state index is 2.42. The molecule has 2 aromatic carbocycles. The Labute approximate surface area is 241 Å². The number of pyridine rings is 2. The van der Waals surface area contributed by atoms with Gasteiger partial charge < -0.3 is 52.5 Å². The lowest BCUT2D eigenvalue weighted by atomic mass is 10.1. The minimum absolute atomic E-state index is 0. The second kappa shape index (κ2) is 11.9. The van der Waals surface area contributed by atoms with Crippen molar-refractivity contribution >= 4 is 46.1 Å². The van der Waals surface area contributed by atoms with Crippen molar-refractivity contribution in [3.05, 3.63) is 108 Å². The Balaban J connectivity index is 0.00000171. The van der Waals surface area contributed by atoms with E-state index >= 15 is 0 Å². The molecule has 0 spiro atoms. The van der Waals surface area contributed by atoms with Gasteiger partial charge in [0.25, 0.3) is 0 Å². The Morgan fingerprint density at radius 3 is 1.31 bits per heavy atom. The van der Waals surface area contributed by atoms with Gasteiger partial charge in [0.05, 0.1) is 0 Å². The van der Waals surface area contributed by atoms with E-state index in [1.54, 1.807) is 0 Å². The summed E-state index contributed by atoms with van der Waals surface area (Å²) in [7, 11) is 4.07. The summed E-state index contributed by atoms with van der Waals surface area (Å²) in [6.07, 6.45) is 17.0. The molecule has 178 valence electrons. The number of nitrogens with zero attached hydrogens (tertiary/aromatic N) is 3. The van der Waals surface area contributed by atoms with E-state index in [4.69, 9.17) is 0 Å². The van der Waals surface area contributed by atoms with Gasteiger partial charge >= 0.3 is 0 Å². The van der Waals surface area contributed by atoms with Crippen molar-refractivity contribution in [2.75, 3.05) is 0 Å². The van der Waals surface area contributed by atoms with Crippen LogP contribution in [0.5, 0.6) is 0 Å². The number of halogens is 2. The Hall–Kier alpha value is -2.52. The van der Waals surface area contributed by atoms with Crippen LogP contribution in [0, 0.1) is 0 Å². The fourth-order valence-electron chi connectivity index (χ4n) is 4.31. The molecule has 0 saturated heterocycles. The molecular weight excluding hydrogens is 656 g/mol. The van der Waals surface area contributed by atoms with E-state index in [-0.39, 0.29) is 48.0 Å². The monoisotopic (exact) mass is 685 g/mol. The van der Waals surface area contributed by atoms with E-state index in [0.717, 1.165) is 6.54 Å². The number of rotatable bonds is 5. The van der Waals surface area contributed by atoms with Crippen molar-refractivity contribution in [2.45, 2.75) is 13.5 Å². The van der Waals surface area contributed by atoms with Crippen LogP contribution >= 0.6 is 0 Å². The van der Waals surface area contributed by atoms with E-state index in [1.807, 2.05) is 23.2 Å². The van der Waals surface area contributed by atoms with Gasteiger partial charge in [0, 0.05) is 52.6 Å². The second-order valence-corrected chi connectivity index (χ2v) is 8.56. The van der Waals surface area contributed by atoms with E-state index < -0.39 is 0 Å². The van der Waals surface area contributed by atoms with Gasteiger partial charge in [0.1, 0.15) is 14.1 Å². The maximum absolute atomic E-state index is 2.42. The van der Waals surface area contributed by atoms with Crippen LogP contribution in [-0.4, -0.2) is 4.57 Å². The lowest BCUT2D eigenvalue weighted by molar-refractivity contribution is -0.671. The fourth-order valence-corrected chi connectivity index (χ4v) is 4.31. The first-order valence-electron chi connectivity index (χ1n) is 11.4. The molecule has 0 bridgehead atoms. The summed E-state index contributed by atoms with van der Waals surface area (Å²) in [6, 6.07) is 22.1. The van der Waals surface area contributed by atoms with Gasteiger partial charge in [-0.05, 0) is 41.3 Å². The van der Waals surface area contributed by atoms with E-state index in [0.29, 0.717) is 0 Å². The number of hydrogen-bond donors (Lipinski definition) is 0. The Bertz CT molecular complexity index is 1380. The van der Waals surface area contributed by atoms with Crippen molar-refractivity contribution in [2.24, 2.45) is 14.1 Å². The Morgan fingerprint density at radius 1 is 0.571 bits per heavy atom. The molecule has 0 atom stereocenters. The predicted octanol–water partition coefficient (Wildman–Crippen LogP) is -0.188. The maximum Gasteiger partial charge on any atom is 0.169 e. The van der Waals surface area contributed by atoms with Crippen molar-refractivity contribution < 1.29 is 57.1 Å². The number of hydrogen-bond acceptors (Lipinski definition) is 0. The molecule has 3 nitrogen and oxygen atoms in total. The minimum atomic E-state index is 0. The van der Waals surface area contributed by atoms with Crippen LogP contribution < -0.4 is 57.1 Å². The minimum Gasteiger partial charge on any atom is -1.00 e. The third-order valence-electron chi connectivity index (χ3n) is 6.18. The van der Waals surface area contributed by atoms with Gasteiger partial charge in [0.2, 0.25) is 0 Å². The molecule has 5 rings (SSSR count). The van der Waals surface area contributed by atoms with Crippen molar-refractivity contribution in [1.29, 1.82) is 0 Å². The predicted molar refractivity (Wildman–Crippen MR) is 138 cm³/mol. The van der Waals surface area contributed by atoms with Crippen molar-refractivity contribution in [3.63, 3.8) is 0 Å². The van der Waals surface area contributed by atoms with Gasteiger partial charge in [-0.1, -0.05) is 48.6 Å². The number of fused-ring (bicyclic) bond motifs is 3. The molecule has 0 unspecified atom stereocenters. The number of benzene rings is 2. The number of aromatic nitrogens is 3. The van der Waals surface area contributed by atoms with E-state index in [9.17, 15) is 0 Å². The van der Waals surface area contributed by atoms with Crippen LogP contribution in [0.2, 0.25) is 0 Å².